The van der Waals surface area contributed by atoms with Crippen LogP contribution in [0.4, 0.5) is 0 Å². The fraction of sp³-hybridized carbons (Fsp3) is 0.375. The van der Waals surface area contributed by atoms with Gasteiger partial charge in [-0.2, -0.15) is 0 Å². The Morgan fingerprint density at radius 1 is 1.50 bits per heavy atom. The zero-order valence-electron chi connectivity index (χ0n) is 6.33. The molecule has 0 atom stereocenters. The number of rotatable bonds is 3. The first kappa shape index (κ1) is 8.95. The van der Waals surface area contributed by atoms with Gasteiger partial charge in [-0.1, -0.05) is 24.3 Å². The maximum atomic E-state index is 10.5. The third-order valence-electron chi connectivity index (χ3n) is 0.952. The van der Waals surface area contributed by atoms with Crippen molar-refractivity contribution in [3.63, 3.8) is 0 Å². The molecule has 2 nitrogen and oxygen atoms in total. The number of carbonyl (C=O) groups excluding carboxylic acids is 1. The molecule has 0 bridgehead atoms. The second-order valence-electron chi connectivity index (χ2n) is 1.73. The molecule has 0 aromatic rings. The summed E-state index contributed by atoms with van der Waals surface area (Å²) in [5, 5.41) is 0. The molecule has 0 radical (unpaired) electrons. The molecule has 0 aromatic carbocycles. The highest BCUT2D eigenvalue weighted by atomic mass is 16.5. The summed E-state index contributed by atoms with van der Waals surface area (Å²) in [5.41, 5.74) is 0. The summed E-state index contributed by atoms with van der Waals surface area (Å²) in [5.74, 6) is -0.208. The number of allylic oxidation sites excluding steroid dienone is 3. The van der Waals surface area contributed by atoms with E-state index in [4.69, 9.17) is 0 Å². The minimum absolute atomic E-state index is 0.208. The molecule has 0 aliphatic carbocycles. The van der Waals surface area contributed by atoms with Crippen molar-refractivity contribution in [2.24, 2.45) is 0 Å². The Hall–Kier alpha value is -1.05. The highest BCUT2D eigenvalue weighted by Crippen LogP contribution is 1.86. The van der Waals surface area contributed by atoms with Gasteiger partial charge in [0.15, 0.2) is 0 Å². The Kier molecular flexibility index (Phi) is 5.44. The number of hydrogen-bond acceptors (Lipinski definition) is 2. The molecule has 0 aromatic heterocycles. The van der Waals surface area contributed by atoms with E-state index in [0.29, 0.717) is 6.42 Å². The third-order valence-corrected chi connectivity index (χ3v) is 0.952. The number of ether oxygens (including phenoxy) is 1. The van der Waals surface area contributed by atoms with Crippen LogP contribution in [0.25, 0.3) is 0 Å². The quantitative estimate of drug-likeness (QED) is 0.440. The molecule has 0 aliphatic heterocycles. The van der Waals surface area contributed by atoms with E-state index in [-0.39, 0.29) is 5.97 Å². The minimum Gasteiger partial charge on any atom is -0.469 e. The minimum atomic E-state index is -0.208. The van der Waals surface area contributed by atoms with Gasteiger partial charge in [-0.25, -0.2) is 0 Å². The number of methoxy groups -OCH3 is 1. The number of hydrogen-bond donors (Lipinski definition) is 0. The molecular formula is C8H12O2. The Balaban J connectivity index is 3.43. The second kappa shape index (κ2) is 6.08. The first-order chi connectivity index (χ1) is 4.81. The Morgan fingerprint density at radius 2 is 2.20 bits per heavy atom. The van der Waals surface area contributed by atoms with E-state index in [1.165, 1.54) is 7.11 Å². The van der Waals surface area contributed by atoms with Crippen LogP contribution in [0.1, 0.15) is 13.3 Å². The maximum Gasteiger partial charge on any atom is 0.309 e. The molecule has 0 rings (SSSR count). The summed E-state index contributed by atoms with van der Waals surface area (Å²) in [4.78, 5) is 10.5. The average molecular weight is 140 g/mol. The van der Waals surface area contributed by atoms with Crippen molar-refractivity contribution in [3.8, 4) is 0 Å². The highest BCUT2D eigenvalue weighted by Gasteiger charge is 1.91. The van der Waals surface area contributed by atoms with E-state index in [1.807, 2.05) is 25.2 Å². The van der Waals surface area contributed by atoms with Gasteiger partial charge in [0.05, 0.1) is 13.5 Å². The standard InChI is InChI=1S/C8H12O2/c1-3-4-5-6-7-8(9)10-2/h3-6H,7H2,1-2H3/b4-3-,6-5-. The molecule has 0 aliphatic rings. The summed E-state index contributed by atoms with van der Waals surface area (Å²) < 4.78 is 4.42. The smallest absolute Gasteiger partial charge is 0.309 e. The zero-order valence-corrected chi connectivity index (χ0v) is 6.33. The van der Waals surface area contributed by atoms with Crippen LogP contribution in [0.3, 0.4) is 0 Å². The van der Waals surface area contributed by atoms with Crippen LogP contribution in [-0.2, 0) is 9.53 Å². The molecule has 0 saturated carbocycles. The van der Waals surface area contributed by atoms with Crippen molar-refractivity contribution < 1.29 is 9.53 Å². The molecule has 56 valence electrons. The van der Waals surface area contributed by atoms with Crippen LogP contribution < -0.4 is 0 Å². The molecular weight excluding hydrogens is 128 g/mol. The van der Waals surface area contributed by atoms with Crippen LogP contribution >= 0.6 is 0 Å². The van der Waals surface area contributed by atoms with Gasteiger partial charge in [-0.15, -0.1) is 0 Å². The van der Waals surface area contributed by atoms with Crippen molar-refractivity contribution in [1.29, 1.82) is 0 Å². The van der Waals surface area contributed by atoms with Gasteiger partial charge in [0, 0.05) is 0 Å². The lowest BCUT2D eigenvalue weighted by molar-refractivity contribution is -0.139. The van der Waals surface area contributed by atoms with Gasteiger partial charge in [0.2, 0.25) is 0 Å². The fourth-order valence-electron chi connectivity index (χ4n) is 0.437. The predicted molar refractivity (Wildman–Crippen MR) is 40.6 cm³/mol. The molecule has 10 heavy (non-hydrogen) atoms. The summed E-state index contributed by atoms with van der Waals surface area (Å²) in [6, 6.07) is 0. The average Bonchev–Trinajstić information content (AvgIpc) is 1.98. The highest BCUT2D eigenvalue weighted by molar-refractivity contribution is 5.70. The van der Waals surface area contributed by atoms with E-state index >= 15 is 0 Å². The Labute approximate surface area is 61.2 Å². The van der Waals surface area contributed by atoms with Crippen LogP contribution in [0.15, 0.2) is 24.3 Å². The first-order valence-corrected chi connectivity index (χ1v) is 3.16. The number of carbonyl (C=O) groups is 1. The van der Waals surface area contributed by atoms with Crippen molar-refractivity contribution in [2.75, 3.05) is 7.11 Å². The summed E-state index contributed by atoms with van der Waals surface area (Å²) in [6.07, 6.45) is 7.68. The van der Waals surface area contributed by atoms with Gasteiger partial charge < -0.3 is 4.74 Å². The van der Waals surface area contributed by atoms with Crippen molar-refractivity contribution in [1.82, 2.24) is 0 Å². The second-order valence-corrected chi connectivity index (χ2v) is 1.73. The van der Waals surface area contributed by atoms with E-state index in [1.54, 1.807) is 6.08 Å². The molecule has 0 heterocycles. The van der Waals surface area contributed by atoms with Crippen LogP contribution in [-0.4, -0.2) is 13.1 Å². The van der Waals surface area contributed by atoms with Crippen molar-refractivity contribution in [2.45, 2.75) is 13.3 Å². The van der Waals surface area contributed by atoms with Gasteiger partial charge in [0.1, 0.15) is 0 Å². The molecule has 0 saturated heterocycles. The van der Waals surface area contributed by atoms with E-state index < -0.39 is 0 Å². The lowest BCUT2D eigenvalue weighted by Gasteiger charge is -1.89. The first-order valence-electron chi connectivity index (χ1n) is 3.16. The summed E-state index contributed by atoms with van der Waals surface area (Å²) in [7, 11) is 1.38. The van der Waals surface area contributed by atoms with Gasteiger partial charge in [-0.05, 0) is 6.92 Å². The SMILES string of the molecule is C/C=C\C=C/CC(=O)OC. The van der Waals surface area contributed by atoms with Gasteiger partial charge in [0.25, 0.3) is 0 Å². The van der Waals surface area contributed by atoms with Crippen LogP contribution in [0, 0.1) is 0 Å². The molecule has 0 fully saturated rings. The van der Waals surface area contributed by atoms with Crippen molar-refractivity contribution >= 4 is 5.97 Å². The largest absolute Gasteiger partial charge is 0.469 e. The van der Waals surface area contributed by atoms with Crippen LogP contribution in [0.5, 0.6) is 0 Å². The molecule has 0 spiro atoms. The normalized spacial score (nSPS) is 11.0. The topological polar surface area (TPSA) is 26.3 Å². The van der Waals surface area contributed by atoms with Gasteiger partial charge >= 0.3 is 5.97 Å². The fourth-order valence-corrected chi connectivity index (χ4v) is 0.437. The molecule has 0 N–H and O–H groups in total. The lowest BCUT2D eigenvalue weighted by Crippen LogP contribution is -1.96. The zero-order chi connectivity index (χ0) is 7.82. The lowest BCUT2D eigenvalue weighted by atomic mass is 10.3. The monoisotopic (exact) mass is 140 g/mol. The molecule has 2 heteroatoms. The van der Waals surface area contributed by atoms with Crippen LogP contribution in [0.2, 0.25) is 0 Å². The Morgan fingerprint density at radius 3 is 2.70 bits per heavy atom. The van der Waals surface area contributed by atoms with E-state index in [9.17, 15) is 4.79 Å². The van der Waals surface area contributed by atoms with E-state index in [0.717, 1.165) is 0 Å². The van der Waals surface area contributed by atoms with Gasteiger partial charge in [-0.3, -0.25) is 4.79 Å². The maximum absolute atomic E-state index is 10.5. The van der Waals surface area contributed by atoms with Crippen molar-refractivity contribution in [3.05, 3.63) is 24.3 Å². The third kappa shape index (κ3) is 5.09. The predicted octanol–water partition coefficient (Wildman–Crippen LogP) is 1.68. The number of esters is 1. The Bertz CT molecular complexity index is 145. The molecule has 0 unspecified atom stereocenters. The molecule has 0 amide bonds. The van der Waals surface area contributed by atoms with E-state index in [2.05, 4.69) is 4.74 Å². The summed E-state index contributed by atoms with van der Waals surface area (Å²) >= 11 is 0. The summed E-state index contributed by atoms with van der Waals surface area (Å²) in [6.45, 7) is 1.92.